The van der Waals surface area contributed by atoms with E-state index in [2.05, 4.69) is 20.7 Å². The lowest BCUT2D eigenvalue weighted by Gasteiger charge is -2.12. The minimum Gasteiger partial charge on any atom is -0.477 e. The molecule has 0 aromatic carbocycles. The van der Waals surface area contributed by atoms with Gasteiger partial charge < -0.3 is 15.3 Å². The zero-order chi connectivity index (χ0) is 13.9. The SMILES string of the molecule is O=C(O)c1cc(S(=O)(=O)NC(CO)CO)c(Br)s1. The molecular formula is C8H10BrNO6S2. The third-order valence-electron chi connectivity index (χ3n) is 1.92. The average molecular weight is 360 g/mol. The van der Waals surface area contributed by atoms with Gasteiger partial charge >= 0.3 is 5.97 Å². The van der Waals surface area contributed by atoms with Crippen LogP contribution in [0.2, 0.25) is 0 Å². The first-order valence-corrected chi connectivity index (χ1v) is 7.67. The maximum Gasteiger partial charge on any atom is 0.345 e. The van der Waals surface area contributed by atoms with Crippen molar-refractivity contribution in [3.63, 3.8) is 0 Å². The summed E-state index contributed by atoms with van der Waals surface area (Å²) in [4.78, 5) is 10.4. The van der Waals surface area contributed by atoms with E-state index in [1.54, 1.807) is 0 Å². The van der Waals surface area contributed by atoms with Crippen LogP contribution in [0.4, 0.5) is 0 Å². The van der Waals surface area contributed by atoms with Gasteiger partial charge in [-0.1, -0.05) is 0 Å². The molecule has 1 rings (SSSR count). The largest absolute Gasteiger partial charge is 0.477 e. The van der Waals surface area contributed by atoms with Crippen LogP contribution in [0, 0.1) is 0 Å². The molecule has 18 heavy (non-hydrogen) atoms. The number of halogens is 1. The highest BCUT2D eigenvalue weighted by Gasteiger charge is 2.25. The number of carbonyl (C=O) groups is 1. The van der Waals surface area contributed by atoms with E-state index in [-0.39, 0.29) is 13.6 Å². The Hall–Kier alpha value is -0.520. The maximum atomic E-state index is 11.9. The highest BCUT2D eigenvalue weighted by atomic mass is 79.9. The van der Waals surface area contributed by atoms with E-state index in [4.69, 9.17) is 15.3 Å². The molecule has 0 bridgehead atoms. The summed E-state index contributed by atoms with van der Waals surface area (Å²) in [5.74, 6) is -1.23. The number of carboxylic acids is 1. The summed E-state index contributed by atoms with van der Waals surface area (Å²) in [5, 5.41) is 26.4. The first-order chi connectivity index (χ1) is 8.31. The molecule has 4 N–H and O–H groups in total. The second-order valence-electron chi connectivity index (χ2n) is 3.24. The quantitative estimate of drug-likeness (QED) is 0.559. The fourth-order valence-electron chi connectivity index (χ4n) is 1.06. The monoisotopic (exact) mass is 359 g/mol. The van der Waals surface area contributed by atoms with E-state index in [9.17, 15) is 13.2 Å². The van der Waals surface area contributed by atoms with Crippen LogP contribution < -0.4 is 4.72 Å². The third-order valence-corrected chi connectivity index (χ3v) is 5.68. The third kappa shape index (κ3) is 3.49. The van der Waals surface area contributed by atoms with Crippen molar-refractivity contribution in [2.24, 2.45) is 0 Å². The Morgan fingerprint density at radius 2 is 2.00 bits per heavy atom. The van der Waals surface area contributed by atoms with Gasteiger partial charge in [0.25, 0.3) is 0 Å². The minimum atomic E-state index is -4.00. The number of carboxylic acid groups (broad SMARTS) is 1. The molecule has 1 aromatic heterocycles. The summed E-state index contributed by atoms with van der Waals surface area (Å²) in [6.45, 7) is -1.13. The molecule has 0 radical (unpaired) electrons. The van der Waals surface area contributed by atoms with Gasteiger partial charge in [0.2, 0.25) is 10.0 Å². The van der Waals surface area contributed by atoms with E-state index in [1.165, 1.54) is 0 Å². The van der Waals surface area contributed by atoms with Crippen LogP contribution in [0.5, 0.6) is 0 Å². The van der Waals surface area contributed by atoms with Gasteiger partial charge in [-0.25, -0.2) is 17.9 Å². The molecule has 0 aliphatic heterocycles. The molecule has 10 heteroatoms. The summed E-state index contributed by atoms with van der Waals surface area (Å²) in [6, 6.07) is -0.0272. The Morgan fingerprint density at radius 3 is 2.39 bits per heavy atom. The normalized spacial score (nSPS) is 12.0. The summed E-state index contributed by atoms with van der Waals surface area (Å²) in [7, 11) is -4.00. The number of thiophene rings is 1. The molecular weight excluding hydrogens is 350 g/mol. The zero-order valence-electron chi connectivity index (χ0n) is 8.83. The molecule has 0 saturated carbocycles. The van der Waals surface area contributed by atoms with Gasteiger partial charge in [0, 0.05) is 0 Å². The van der Waals surface area contributed by atoms with Gasteiger partial charge in [-0.2, -0.15) is 0 Å². The van der Waals surface area contributed by atoms with E-state index >= 15 is 0 Å². The molecule has 1 aromatic rings. The molecule has 0 unspecified atom stereocenters. The predicted molar refractivity (Wildman–Crippen MR) is 67.3 cm³/mol. The summed E-state index contributed by atoms with van der Waals surface area (Å²) in [6.07, 6.45) is 0. The van der Waals surface area contributed by atoms with E-state index in [0.717, 1.165) is 17.4 Å². The van der Waals surface area contributed by atoms with Gasteiger partial charge in [-0.15, -0.1) is 11.3 Å². The minimum absolute atomic E-state index is 0.133. The number of hydrogen-bond donors (Lipinski definition) is 4. The van der Waals surface area contributed by atoms with Crippen LogP contribution >= 0.6 is 27.3 Å². The lowest BCUT2D eigenvalue weighted by molar-refractivity contribution is 0.0702. The van der Waals surface area contributed by atoms with Gasteiger partial charge in [0.1, 0.15) is 9.77 Å². The Morgan fingerprint density at radius 1 is 1.44 bits per heavy atom. The van der Waals surface area contributed by atoms with Crippen molar-refractivity contribution in [2.45, 2.75) is 10.9 Å². The molecule has 0 aliphatic carbocycles. The van der Waals surface area contributed by atoms with Gasteiger partial charge in [0.05, 0.1) is 23.0 Å². The fraction of sp³-hybridized carbons (Fsp3) is 0.375. The Balaban J connectivity index is 3.09. The number of sulfonamides is 1. The van der Waals surface area contributed by atoms with E-state index in [0.29, 0.717) is 0 Å². The summed E-state index contributed by atoms with van der Waals surface area (Å²) >= 11 is 3.73. The maximum absolute atomic E-state index is 11.9. The number of aliphatic hydroxyl groups excluding tert-OH is 2. The number of rotatable bonds is 6. The lowest BCUT2D eigenvalue weighted by atomic mass is 10.4. The molecule has 0 spiro atoms. The zero-order valence-corrected chi connectivity index (χ0v) is 12.0. The van der Waals surface area contributed by atoms with Crippen LogP contribution in [-0.2, 0) is 10.0 Å². The van der Waals surface area contributed by atoms with Crippen molar-refractivity contribution in [1.29, 1.82) is 0 Å². The smallest absolute Gasteiger partial charge is 0.345 e. The molecule has 0 aliphatic rings. The van der Waals surface area contributed by atoms with Crippen molar-refractivity contribution in [3.8, 4) is 0 Å². The first-order valence-electron chi connectivity index (χ1n) is 4.58. The molecule has 0 atom stereocenters. The van der Waals surface area contributed by atoms with Crippen LogP contribution in [0.3, 0.4) is 0 Å². The summed E-state index contributed by atoms with van der Waals surface area (Å²) in [5.41, 5.74) is 0. The first kappa shape index (κ1) is 15.5. The van der Waals surface area contributed by atoms with Crippen molar-refractivity contribution in [1.82, 2.24) is 4.72 Å². The topological polar surface area (TPSA) is 124 Å². The number of nitrogens with one attached hydrogen (secondary N) is 1. The molecule has 0 saturated heterocycles. The Bertz CT molecular complexity index is 536. The van der Waals surface area contributed by atoms with Crippen LogP contribution in [0.15, 0.2) is 14.7 Å². The number of aliphatic hydroxyl groups is 2. The van der Waals surface area contributed by atoms with Crippen molar-refractivity contribution in [3.05, 3.63) is 14.7 Å². The van der Waals surface area contributed by atoms with Gasteiger partial charge in [-0.05, 0) is 22.0 Å². The number of hydrogen-bond acceptors (Lipinski definition) is 6. The second kappa shape index (κ2) is 6.08. The van der Waals surface area contributed by atoms with Crippen LogP contribution in [0.25, 0.3) is 0 Å². The fourth-order valence-corrected chi connectivity index (χ4v) is 4.68. The van der Waals surface area contributed by atoms with E-state index in [1.807, 2.05) is 0 Å². The average Bonchev–Trinajstić information content (AvgIpc) is 2.69. The standard InChI is InChI=1S/C8H10BrNO6S2/c9-7-6(1-5(17-7)8(13)14)18(15,16)10-4(2-11)3-12/h1,4,10-12H,2-3H2,(H,13,14). The number of aromatic carboxylic acids is 1. The molecule has 7 nitrogen and oxygen atoms in total. The molecule has 0 fully saturated rings. The van der Waals surface area contributed by atoms with Crippen molar-refractivity contribution >= 4 is 43.3 Å². The summed E-state index contributed by atoms with van der Waals surface area (Å²) < 4.78 is 25.9. The molecule has 102 valence electrons. The van der Waals surface area contributed by atoms with Crippen molar-refractivity contribution < 1.29 is 28.5 Å². The lowest BCUT2D eigenvalue weighted by Crippen LogP contribution is -2.39. The van der Waals surface area contributed by atoms with E-state index < -0.39 is 35.2 Å². The highest BCUT2D eigenvalue weighted by molar-refractivity contribution is 9.11. The Kier molecular flexibility index (Phi) is 5.25. The Labute approximate surface area is 115 Å². The van der Waals surface area contributed by atoms with Gasteiger partial charge in [0.15, 0.2) is 0 Å². The second-order valence-corrected chi connectivity index (χ2v) is 7.29. The van der Waals surface area contributed by atoms with Crippen LogP contribution in [0.1, 0.15) is 9.67 Å². The molecule has 1 heterocycles. The van der Waals surface area contributed by atoms with Gasteiger partial charge in [-0.3, -0.25) is 0 Å². The predicted octanol–water partition coefficient (Wildman–Crippen LogP) is -0.160. The molecule has 0 amide bonds. The van der Waals surface area contributed by atoms with Crippen molar-refractivity contribution in [2.75, 3.05) is 13.2 Å². The van der Waals surface area contributed by atoms with Crippen LogP contribution in [-0.4, -0.2) is 49.0 Å². The highest BCUT2D eigenvalue weighted by Crippen LogP contribution is 2.31.